The van der Waals surface area contributed by atoms with Crippen molar-refractivity contribution in [3.05, 3.63) is 65.2 Å². The summed E-state index contributed by atoms with van der Waals surface area (Å²) in [6.07, 6.45) is 4.42. The van der Waals surface area contributed by atoms with E-state index in [1.54, 1.807) is 6.07 Å². The van der Waals surface area contributed by atoms with Crippen LogP contribution in [0.5, 0.6) is 0 Å². The number of hydrogen-bond acceptors (Lipinski definition) is 4. The largest absolute Gasteiger partial charge is 0.371 e. The van der Waals surface area contributed by atoms with Gasteiger partial charge in [-0.2, -0.15) is 0 Å². The lowest BCUT2D eigenvalue weighted by atomic mass is 9.92. The topological polar surface area (TPSA) is 58.6 Å². The fraction of sp³-hybridized carbons (Fsp3) is 0.455. The third-order valence-electron chi connectivity index (χ3n) is 5.67. The maximum atomic E-state index is 12.7. The molecule has 0 unspecified atom stereocenters. The molecule has 1 saturated heterocycles. The normalized spacial score (nSPS) is 20.6. The number of sulfonamides is 1. The highest BCUT2D eigenvalue weighted by atomic mass is 32.2. The van der Waals surface area contributed by atoms with Gasteiger partial charge in [-0.1, -0.05) is 36.4 Å². The lowest BCUT2D eigenvalue weighted by Crippen LogP contribution is -2.42. The summed E-state index contributed by atoms with van der Waals surface area (Å²) in [7, 11) is -3.47. The lowest BCUT2D eigenvalue weighted by Gasteiger charge is -2.33. The Morgan fingerprint density at radius 1 is 1.04 bits per heavy atom. The van der Waals surface area contributed by atoms with E-state index in [1.165, 1.54) is 23.1 Å². The molecule has 1 fully saturated rings. The van der Waals surface area contributed by atoms with Crippen LogP contribution in [-0.4, -0.2) is 46.1 Å². The first-order valence-corrected chi connectivity index (χ1v) is 11.6. The van der Waals surface area contributed by atoms with Crippen LogP contribution in [0.25, 0.3) is 0 Å². The molecule has 0 radical (unpaired) electrons. The molecule has 1 heterocycles. The van der Waals surface area contributed by atoms with Gasteiger partial charge in [-0.15, -0.1) is 0 Å². The highest BCUT2D eigenvalue weighted by Crippen LogP contribution is 2.24. The Labute approximate surface area is 167 Å². The molecule has 2 aromatic carbocycles. The van der Waals surface area contributed by atoms with Crippen LogP contribution < -0.4 is 4.72 Å². The highest BCUT2D eigenvalue weighted by Gasteiger charge is 2.22. The van der Waals surface area contributed by atoms with E-state index in [9.17, 15) is 8.42 Å². The van der Waals surface area contributed by atoms with Crippen molar-refractivity contribution in [2.24, 2.45) is 0 Å². The quantitative estimate of drug-likeness (QED) is 0.810. The Balaban J connectivity index is 1.33. The van der Waals surface area contributed by atoms with Gasteiger partial charge in [0, 0.05) is 26.2 Å². The molecule has 0 amide bonds. The first-order valence-electron chi connectivity index (χ1n) is 10.1. The van der Waals surface area contributed by atoms with E-state index in [1.807, 2.05) is 30.3 Å². The molecule has 6 heteroatoms. The van der Waals surface area contributed by atoms with E-state index in [4.69, 9.17) is 4.74 Å². The average Bonchev–Trinajstić information content (AvgIpc) is 2.74. The van der Waals surface area contributed by atoms with Gasteiger partial charge in [0.25, 0.3) is 0 Å². The van der Waals surface area contributed by atoms with Gasteiger partial charge in [-0.3, -0.25) is 4.90 Å². The summed E-state index contributed by atoms with van der Waals surface area (Å²) in [6, 6.07) is 15.8. The first kappa shape index (κ1) is 19.6. The summed E-state index contributed by atoms with van der Waals surface area (Å²) in [5, 5.41) is 0. The maximum absolute atomic E-state index is 12.7. The van der Waals surface area contributed by atoms with Gasteiger partial charge in [0.05, 0.1) is 17.6 Å². The van der Waals surface area contributed by atoms with Crippen molar-refractivity contribution >= 4 is 10.0 Å². The molecule has 0 bridgehead atoms. The minimum atomic E-state index is -3.47. The molecule has 5 nitrogen and oxygen atoms in total. The van der Waals surface area contributed by atoms with E-state index in [-0.39, 0.29) is 6.10 Å². The highest BCUT2D eigenvalue weighted by molar-refractivity contribution is 7.89. The Bertz CT molecular complexity index is 899. The predicted molar refractivity (Wildman–Crippen MR) is 110 cm³/mol. The zero-order valence-corrected chi connectivity index (χ0v) is 17.0. The van der Waals surface area contributed by atoms with Gasteiger partial charge in [0.15, 0.2) is 0 Å². The number of ether oxygens (including phenoxy) is 1. The Hall–Kier alpha value is -1.73. The third-order valence-corrected chi connectivity index (χ3v) is 7.13. The summed E-state index contributed by atoms with van der Waals surface area (Å²) >= 11 is 0. The molecular weight excluding hydrogens is 372 g/mol. The number of benzene rings is 2. The second-order valence-corrected chi connectivity index (χ2v) is 9.37. The fourth-order valence-corrected chi connectivity index (χ4v) is 5.14. The minimum absolute atomic E-state index is 0.0483. The summed E-state index contributed by atoms with van der Waals surface area (Å²) in [5.41, 5.74) is 3.65. The molecule has 28 heavy (non-hydrogen) atoms. The molecular formula is C22H28N2O3S. The van der Waals surface area contributed by atoms with Crippen molar-refractivity contribution in [3.63, 3.8) is 0 Å². The Kier molecular flexibility index (Phi) is 6.11. The van der Waals surface area contributed by atoms with Crippen LogP contribution in [0.2, 0.25) is 0 Å². The zero-order valence-electron chi connectivity index (χ0n) is 16.1. The van der Waals surface area contributed by atoms with Crippen LogP contribution in [0.15, 0.2) is 53.4 Å². The van der Waals surface area contributed by atoms with Gasteiger partial charge in [0.1, 0.15) is 0 Å². The molecule has 4 rings (SSSR count). The van der Waals surface area contributed by atoms with Crippen LogP contribution in [0.4, 0.5) is 0 Å². The average molecular weight is 401 g/mol. The Morgan fingerprint density at radius 3 is 2.64 bits per heavy atom. The van der Waals surface area contributed by atoms with Crippen molar-refractivity contribution in [2.45, 2.75) is 36.7 Å². The van der Waals surface area contributed by atoms with Crippen molar-refractivity contribution < 1.29 is 13.2 Å². The molecule has 0 aromatic heterocycles. The summed E-state index contributed by atoms with van der Waals surface area (Å²) in [4.78, 5) is 2.65. The molecule has 1 N–H and O–H groups in total. The molecule has 1 aliphatic heterocycles. The lowest BCUT2D eigenvalue weighted by molar-refractivity contribution is -0.0291. The molecule has 2 aromatic rings. The van der Waals surface area contributed by atoms with E-state index in [2.05, 4.69) is 21.8 Å². The summed E-state index contributed by atoms with van der Waals surface area (Å²) in [5.74, 6) is 0. The number of hydrogen-bond donors (Lipinski definition) is 1. The molecule has 1 atom stereocenters. The van der Waals surface area contributed by atoms with Crippen LogP contribution >= 0.6 is 0 Å². The second-order valence-electron chi connectivity index (χ2n) is 7.61. The molecule has 0 saturated carbocycles. The number of nitrogens with one attached hydrogen (secondary N) is 1. The second kappa shape index (κ2) is 8.74. The zero-order chi connectivity index (χ0) is 19.4. The Morgan fingerprint density at radius 2 is 1.82 bits per heavy atom. The monoisotopic (exact) mass is 400 g/mol. The summed E-state index contributed by atoms with van der Waals surface area (Å²) in [6.45, 7) is 3.35. The van der Waals surface area contributed by atoms with Crippen LogP contribution in [0.1, 0.15) is 35.6 Å². The standard InChI is InChI=1S/C22H28N2O3S/c25-28(26,21-11-10-18-6-4-5-9-20(18)16-21)23-12-13-24-14-15-27-22(17-24)19-7-2-1-3-8-19/h1-3,7-8,10-11,16,22-23H,4-6,9,12-15,17H2/t22-/m1/s1. The van der Waals surface area contributed by atoms with Crippen molar-refractivity contribution in [2.75, 3.05) is 32.8 Å². The van der Waals surface area contributed by atoms with Gasteiger partial charge in [-0.05, 0) is 54.5 Å². The van der Waals surface area contributed by atoms with E-state index < -0.39 is 10.0 Å². The molecule has 150 valence electrons. The van der Waals surface area contributed by atoms with Crippen molar-refractivity contribution in [1.29, 1.82) is 0 Å². The van der Waals surface area contributed by atoms with E-state index >= 15 is 0 Å². The van der Waals surface area contributed by atoms with Gasteiger partial charge < -0.3 is 4.74 Å². The molecule has 0 spiro atoms. The number of morpholine rings is 1. The van der Waals surface area contributed by atoms with Gasteiger partial charge in [0.2, 0.25) is 10.0 Å². The number of rotatable bonds is 6. The van der Waals surface area contributed by atoms with Crippen LogP contribution in [-0.2, 0) is 27.6 Å². The first-order chi connectivity index (χ1) is 13.6. The number of fused-ring (bicyclic) bond motifs is 1. The summed E-state index contributed by atoms with van der Waals surface area (Å²) < 4.78 is 34.0. The number of aryl methyl sites for hydroxylation is 2. The van der Waals surface area contributed by atoms with Crippen molar-refractivity contribution in [1.82, 2.24) is 9.62 Å². The van der Waals surface area contributed by atoms with E-state index in [0.29, 0.717) is 24.6 Å². The predicted octanol–water partition coefficient (Wildman–Crippen LogP) is 2.92. The maximum Gasteiger partial charge on any atom is 0.240 e. The molecule has 2 aliphatic rings. The van der Waals surface area contributed by atoms with Crippen molar-refractivity contribution in [3.8, 4) is 0 Å². The van der Waals surface area contributed by atoms with E-state index in [0.717, 1.165) is 32.4 Å². The minimum Gasteiger partial charge on any atom is -0.371 e. The number of nitrogens with zero attached hydrogens (tertiary/aromatic N) is 1. The van der Waals surface area contributed by atoms with Gasteiger partial charge >= 0.3 is 0 Å². The van der Waals surface area contributed by atoms with Crippen LogP contribution in [0.3, 0.4) is 0 Å². The van der Waals surface area contributed by atoms with Crippen LogP contribution in [0, 0.1) is 0 Å². The fourth-order valence-electron chi connectivity index (χ4n) is 4.07. The third kappa shape index (κ3) is 4.63. The molecule has 1 aliphatic carbocycles. The smallest absolute Gasteiger partial charge is 0.240 e. The SMILES string of the molecule is O=S(=O)(NCCN1CCO[C@@H](c2ccccc2)C1)c1ccc2c(c1)CCCC2. The van der Waals surface area contributed by atoms with Gasteiger partial charge in [-0.25, -0.2) is 13.1 Å².